The normalized spacial score (nSPS) is 11.4. The van der Waals surface area contributed by atoms with E-state index in [1.807, 2.05) is 18.2 Å². The number of carboxylic acid groups (broad SMARTS) is 1. The van der Waals surface area contributed by atoms with Crippen molar-refractivity contribution < 1.29 is 9.90 Å². The Labute approximate surface area is 102 Å². The molecule has 0 atom stereocenters. The van der Waals surface area contributed by atoms with Crippen LogP contribution in [0.5, 0.6) is 0 Å². The molecular formula is C15H18O2. The number of carboxylic acids is 1. The second-order valence-corrected chi connectivity index (χ2v) is 3.86. The number of rotatable bonds is 6. The molecular weight excluding hydrogens is 212 g/mol. The largest absolute Gasteiger partial charge is 0.478 e. The number of unbranched alkanes of at least 4 members (excludes halogenated alkanes) is 2. The third-order valence-corrected chi connectivity index (χ3v) is 2.42. The topological polar surface area (TPSA) is 37.3 Å². The fraction of sp³-hybridized carbons (Fsp3) is 0.267. The van der Waals surface area contributed by atoms with Crippen molar-refractivity contribution in [3.8, 4) is 0 Å². The molecule has 0 saturated heterocycles. The molecule has 0 amide bonds. The SMILES string of the molecule is CCCC/C=C/C=C/c1ccc(C(=O)O)cc1. The number of aromatic carboxylic acids is 1. The van der Waals surface area contributed by atoms with Gasteiger partial charge in [-0.3, -0.25) is 0 Å². The first-order valence-electron chi connectivity index (χ1n) is 5.90. The van der Waals surface area contributed by atoms with Crippen LogP contribution < -0.4 is 0 Å². The standard InChI is InChI=1S/C15H18O2/c1-2-3-4-5-6-7-8-13-9-11-14(12-10-13)15(16)17/h5-12H,2-4H2,1H3,(H,16,17)/b6-5+,8-7+. The average molecular weight is 230 g/mol. The van der Waals surface area contributed by atoms with E-state index < -0.39 is 5.97 Å². The molecule has 0 aliphatic carbocycles. The fourth-order valence-electron chi connectivity index (χ4n) is 1.40. The van der Waals surface area contributed by atoms with Crippen LogP contribution in [0.3, 0.4) is 0 Å². The molecule has 0 spiro atoms. The van der Waals surface area contributed by atoms with Crippen molar-refractivity contribution in [2.45, 2.75) is 26.2 Å². The van der Waals surface area contributed by atoms with Gasteiger partial charge in [-0.2, -0.15) is 0 Å². The van der Waals surface area contributed by atoms with Crippen molar-refractivity contribution in [3.63, 3.8) is 0 Å². The van der Waals surface area contributed by atoms with Gasteiger partial charge in [0.1, 0.15) is 0 Å². The van der Waals surface area contributed by atoms with E-state index in [2.05, 4.69) is 13.0 Å². The van der Waals surface area contributed by atoms with Crippen LogP contribution in [0, 0.1) is 0 Å². The lowest BCUT2D eigenvalue weighted by molar-refractivity contribution is 0.0697. The maximum Gasteiger partial charge on any atom is 0.335 e. The predicted molar refractivity (Wildman–Crippen MR) is 71.1 cm³/mol. The molecule has 0 heterocycles. The van der Waals surface area contributed by atoms with Crippen molar-refractivity contribution in [2.24, 2.45) is 0 Å². The molecule has 17 heavy (non-hydrogen) atoms. The second-order valence-electron chi connectivity index (χ2n) is 3.86. The summed E-state index contributed by atoms with van der Waals surface area (Å²) < 4.78 is 0. The minimum atomic E-state index is -0.889. The molecule has 0 fully saturated rings. The van der Waals surface area contributed by atoms with Crippen molar-refractivity contribution in [2.75, 3.05) is 0 Å². The second kappa shape index (κ2) is 7.44. The van der Waals surface area contributed by atoms with Gasteiger partial charge >= 0.3 is 5.97 Å². The Bertz CT molecular complexity index is 399. The van der Waals surface area contributed by atoms with Crippen molar-refractivity contribution in [1.82, 2.24) is 0 Å². The third-order valence-electron chi connectivity index (χ3n) is 2.42. The van der Waals surface area contributed by atoms with E-state index in [-0.39, 0.29) is 0 Å². The maximum absolute atomic E-state index is 10.6. The zero-order chi connectivity index (χ0) is 12.5. The summed E-state index contributed by atoms with van der Waals surface area (Å²) in [4.78, 5) is 10.6. The summed E-state index contributed by atoms with van der Waals surface area (Å²) in [6.07, 6.45) is 11.7. The molecule has 0 radical (unpaired) electrons. The average Bonchev–Trinajstić information content (AvgIpc) is 2.34. The van der Waals surface area contributed by atoms with Gasteiger partial charge in [0.2, 0.25) is 0 Å². The van der Waals surface area contributed by atoms with E-state index in [1.54, 1.807) is 24.3 Å². The molecule has 1 N–H and O–H groups in total. The van der Waals surface area contributed by atoms with Crippen molar-refractivity contribution >= 4 is 12.0 Å². The van der Waals surface area contributed by atoms with E-state index in [4.69, 9.17) is 5.11 Å². The molecule has 0 aromatic heterocycles. The molecule has 2 nitrogen and oxygen atoms in total. The van der Waals surface area contributed by atoms with Gasteiger partial charge in [0.15, 0.2) is 0 Å². The van der Waals surface area contributed by atoms with E-state index >= 15 is 0 Å². The zero-order valence-corrected chi connectivity index (χ0v) is 10.1. The van der Waals surface area contributed by atoms with Crippen LogP contribution in [0.25, 0.3) is 6.08 Å². The summed E-state index contributed by atoms with van der Waals surface area (Å²) in [5.41, 5.74) is 1.33. The highest BCUT2D eigenvalue weighted by Crippen LogP contribution is 2.06. The molecule has 1 aromatic carbocycles. The minimum absolute atomic E-state index is 0.320. The first kappa shape index (κ1) is 13.2. The van der Waals surface area contributed by atoms with E-state index in [9.17, 15) is 4.79 Å². The molecule has 0 aliphatic heterocycles. The lowest BCUT2D eigenvalue weighted by Crippen LogP contribution is -1.94. The monoisotopic (exact) mass is 230 g/mol. The Balaban J connectivity index is 2.48. The first-order valence-corrected chi connectivity index (χ1v) is 5.90. The number of benzene rings is 1. The van der Waals surface area contributed by atoms with Gasteiger partial charge in [-0.15, -0.1) is 0 Å². The zero-order valence-electron chi connectivity index (χ0n) is 10.1. The predicted octanol–water partition coefficient (Wildman–Crippen LogP) is 4.14. The van der Waals surface area contributed by atoms with Gasteiger partial charge in [0, 0.05) is 0 Å². The Morgan fingerprint density at radius 3 is 2.53 bits per heavy atom. The number of hydrogen-bond acceptors (Lipinski definition) is 1. The highest BCUT2D eigenvalue weighted by atomic mass is 16.4. The number of hydrogen-bond donors (Lipinski definition) is 1. The summed E-state index contributed by atoms with van der Waals surface area (Å²) in [7, 11) is 0. The van der Waals surface area contributed by atoms with Gasteiger partial charge in [0.05, 0.1) is 5.56 Å². The minimum Gasteiger partial charge on any atom is -0.478 e. The van der Waals surface area contributed by atoms with Crippen molar-refractivity contribution in [1.29, 1.82) is 0 Å². The highest BCUT2D eigenvalue weighted by molar-refractivity contribution is 5.87. The lowest BCUT2D eigenvalue weighted by atomic mass is 10.1. The molecule has 0 aliphatic rings. The van der Waals surface area contributed by atoms with Gasteiger partial charge in [-0.05, 0) is 24.1 Å². The summed E-state index contributed by atoms with van der Waals surface area (Å²) in [6, 6.07) is 6.84. The smallest absolute Gasteiger partial charge is 0.335 e. The van der Waals surface area contributed by atoms with Crippen LogP contribution in [0.1, 0.15) is 42.1 Å². The summed E-state index contributed by atoms with van der Waals surface area (Å²) in [6.45, 7) is 2.17. The maximum atomic E-state index is 10.6. The summed E-state index contributed by atoms with van der Waals surface area (Å²) >= 11 is 0. The number of allylic oxidation sites excluding steroid dienone is 3. The Morgan fingerprint density at radius 2 is 1.94 bits per heavy atom. The van der Waals surface area contributed by atoms with E-state index in [0.29, 0.717) is 5.56 Å². The molecule has 0 unspecified atom stereocenters. The quantitative estimate of drug-likeness (QED) is 0.589. The van der Waals surface area contributed by atoms with E-state index in [0.717, 1.165) is 12.0 Å². The van der Waals surface area contributed by atoms with Crippen LogP contribution in [-0.4, -0.2) is 11.1 Å². The lowest BCUT2D eigenvalue weighted by Gasteiger charge is -1.94. The van der Waals surface area contributed by atoms with Gasteiger partial charge in [-0.25, -0.2) is 4.79 Å². The summed E-state index contributed by atoms with van der Waals surface area (Å²) in [5.74, 6) is -0.889. The van der Waals surface area contributed by atoms with E-state index in [1.165, 1.54) is 12.8 Å². The highest BCUT2D eigenvalue weighted by Gasteiger charge is 1.99. The first-order chi connectivity index (χ1) is 8.24. The van der Waals surface area contributed by atoms with Gasteiger partial charge in [0.25, 0.3) is 0 Å². The molecule has 90 valence electrons. The Kier molecular flexibility index (Phi) is 5.80. The Morgan fingerprint density at radius 1 is 1.24 bits per heavy atom. The molecule has 0 bridgehead atoms. The fourth-order valence-corrected chi connectivity index (χ4v) is 1.40. The van der Waals surface area contributed by atoms with Crippen LogP contribution in [0.2, 0.25) is 0 Å². The molecule has 1 rings (SSSR count). The third kappa shape index (κ3) is 5.16. The van der Waals surface area contributed by atoms with Gasteiger partial charge < -0.3 is 5.11 Å². The van der Waals surface area contributed by atoms with Crippen LogP contribution in [-0.2, 0) is 0 Å². The van der Waals surface area contributed by atoms with Crippen LogP contribution >= 0.6 is 0 Å². The molecule has 1 aromatic rings. The van der Waals surface area contributed by atoms with Crippen molar-refractivity contribution in [3.05, 3.63) is 53.6 Å². The molecule has 0 saturated carbocycles. The number of carbonyl (C=O) groups is 1. The van der Waals surface area contributed by atoms with Crippen LogP contribution in [0.15, 0.2) is 42.5 Å². The van der Waals surface area contributed by atoms with Gasteiger partial charge in [-0.1, -0.05) is 56.2 Å². The molecule has 2 heteroatoms. The summed E-state index contributed by atoms with van der Waals surface area (Å²) in [5, 5.41) is 8.74. The van der Waals surface area contributed by atoms with Crippen LogP contribution in [0.4, 0.5) is 0 Å². The Hall–Kier alpha value is -1.83.